The summed E-state index contributed by atoms with van der Waals surface area (Å²) in [6, 6.07) is 9.77. The van der Waals surface area contributed by atoms with Gasteiger partial charge in [0.2, 0.25) is 0 Å². The topological polar surface area (TPSA) is 17.1 Å². The Morgan fingerprint density at radius 1 is 0.655 bits per heavy atom. The fourth-order valence-electron chi connectivity index (χ4n) is 3.32. The maximum Gasteiger partial charge on any atom is 0.416 e. The van der Waals surface area contributed by atoms with Crippen molar-refractivity contribution in [2.45, 2.75) is 31.6 Å². The lowest BCUT2D eigenvalue weighted by molar-refractivity contribution is -0.138. The van der Waals surface area contributed by atoms with E-state index in [0.29, 0.717) is 6.42 Å². The van der Waals surface area contributed by atoms with Gasteiger partial charge in [0.05, 0.1) is 11.1 Å². The molecule has 2 aromatic carbocycles. The average molecular weight is 410 g/mol. The van der Waals surface area contributed by atoms with Crippen molar-refractivity contribution < 1.29 is 31.1 Å². The van der Waals surface area contributed by atoms with Gasteiger partial charge in [-0.1, -0.05) is 36.4 Å². The SMILES string of the molecule is O=C1/C(=C\c2ccccc2C(F)(F)F)CCC/C1=C\c1ccccc1C(F)(F)F. The van der Waals surface area contributed by atoms with Gasteiger partial charge in [0, 0.05) is 11.1 Å². The van der Waals surface area contributed by atoms with Crippen LogP contribution in [0.3, 0.4) is 0 Å². The summed E-state index contributed by atoms with van der Waals surface area (Å²) in [7, 11) is 0. The van der Waals surface area contributed by atoms with Crippen LogP contribution >= 0.6 is 0 Å². The Bertz CT molecular complexity index is 902. The molecule has 0 amide bonds. The molecule has 1 fully saturated rings. The fraction of sp³-hybridized carbons (Fsp3) is 0.227. The first-order valence-corrected chi connectivity index (χ1v) is 8.85. The van der Waals surface area contributed by atoms with Crippen LogP contribution in [0, 0.1) is 0 Å². The molecule has 7 heteroatoms. The highest BCUT2D eigenvalue weighted by atomic mass is 19.4. The molecule has 0 spiro atoms. The Balaban J connectivity index is 2.00. The number of alkyl halides is 6. The lowest BCUT2D eigenvalue weighted by atomic mass is 9.86. The molecule has 1 nitrogen and oxygen atoms in total. The molecule has 1 saturated carbocycles. The second-order valence-corrected chi connectivity index (χ2v) is 6.69. The number of benzene rings is 2. The highest BCUT2D eigenvalue weighted by Crippen LogP contribution is 2.36. The Morgan fingerprint density at radius 3 is 1.41 bits per heavy atom. The zero-order valence-electron chi connectivity index (χ0n) is 15.1. The molecule has 0 heterocycles. The number of halogens is 6. The molecule has 0 N–H and O–H groups in total. The third-order valence-corrected chi connectivity index (χ3v) is 4.67. The molecule has 152 valence electrons. The molecular formula is C22H16F6O. The Labute approximate surface area is 163 Å². The monoisotopic (exact) mass is 410 g/mol. The molecule has 0 atom stereocenters. The first-order valence-electron chi connectivity index (χ1n) is 8.85. The first-order chi connectivity index (χ1) is 13.6. The van der Waals surface area contributed by atoms with Gasteiger partial charge in [-0.15, -0.1) is 0 Å². The van der Waals surface area contributed by atoms with E-state index in [1.807, 2.05) is 0 Å². The fourth-order valence-corrected chi connectivity index (χ4v) is 3.32. The third-order valence-electron chi connectivity index (χ3n) is 4.67. The molecule has 0 aromatic heterocycles. The average Bonchev–Trinajstić information content (AvgIpc) is 2.64. The highest BCUT2D eigenvalue weighted by Gasteiger charge is 2.34. The van der Waals surface area contributed by atoms with Crippen molar-refractivity contribution in [3.8, 4) is 0 Å². The number of carbonyl (C=O) groups excluding carboxylic acids is 1. The summed E-state index contributed by atoms with van der Waals surface area (Å²) in [5.74, 6) is -0.523. The number of carbonyl (C=O) groups is 1. The molecule has 29 heavy (non-hydrogen) atoms. The van der Waals surface area contributed by atoms with Gasteiger partial charge in [0.1, 0.15) is 0 Å². The van der Waals surface area contributed by atoms with E-state index in [9.17, 15) is 31.1 Å². The van der Waals surface area contributed by atoms with Crippen LogP contribution in [0.4, 0.5) is 26.3 Å². The summed E-state index contributed by atoms with van der Waals surface area (Å²) < 4.78 is 79.1. The van der Waals surface area contributed by atoms with Gasteiger partial charge in [-0.05, 0) is 54.7 Å². The summed E-state index contributed by atoms with van der Waals surface area (Å²) in [5.41, 5.74) is -1.69. The quantitative estimate of drug-likeness (QED) is 0.387. The van der Waals surface area contributed by atoms with E-state index in [-0.39, 0.29) is 35.1 Å². The lowest BCUT2D eigenvalue weighted by Crippen LogP contribution is -2.14. The standard InChI is InChI=1S/C22H16F6O/c23-21(24,25)18-10-3-1-6-14(18)12-16-8-5-9-17(20(16)29)13-15-7-2-4-11-19(15)22(26,27)28/h1-4,6-7,10-13H,5,8-9H2/b16-12-,17-13+. The van der Waals surface area contributed by atoms with E-state index in [0.717, 1.165) is 12.1 Å². The van der Waals surface area contributed by atoms with E-state index >= 15 is 0 Å². The van der Waals surface area contributed by atoms with Crippen LogP contribution in [0.2, 0.25) is 0 Å². The summed E-state index contributed by atoms with van der Waals surface area (Å²) in [5, 5.41) is 0. The zero-order valence-corrected chi connectivity index (χ0v) is 15.1. The second-order valence-electron chi connectivity index (χ2n) is 6.69. The van der Waals surface area contributed by atoms with Crippen molar-refractivity contribution in [3.63, 3.8) is 0 Å². The van der Waals surface area contributed by atoms with Gasteiger partial charge < -0.3 is 0 Å². The van der Waals surface area contributed by atoms with E-state index in [4.69, 9.17) is 0 Å². The molecule has 3 rings (SSSR count). The van der Waals surface area contributed by atoms with Crippen LogP contribution in [0.5, 0.6) is 0 Å². The van der Waals surface area contributed by atoms with Gasteiger partial charge in [-0.3, -0.25) is 4.79 Å². The highest BCUT2D eigenvalue weighted by molar-refractivity contribution is 6.14. The maximum absolute atomic E-state index is 13.2. The van der Waals surface area contributed by atoms with E-state index in [1.165, 1.54) is 48.6 Å². The third kappa shape index (κ3) is 4.78. The van der Waals surface area contributed by atoms with Crippen LogP contribution in [0.15, 0.2) is 59.7 Å². The van der Waals surface area contributed by atoms with E-state index in [1.54, 1.807) is 0 Å². The van der Waals surface area contributed by atoms with Crippen molar-refractivity contribution >= 4 is 17.9 Å². The van der Waals surface area contributed by atoms with E-state index in [2.05, 4.69) is 0 Å². The van der Waals surface area contributed by atoms with Crippen LogP contribution in [-0.4, -0.2) is 5.78 Å². The number of rotatable bonds is 2. The minimum Gasteiger partial charge on any atom is -0.289 e. The van der Waals surface area contributed by atoms with Crippen LogP contribution in [0.25, 0.3) is 12.2 Å². The van der Waals surface area contributed by atoms with Gasteiger partial charge >= 0.3 is 12.4 Å². The molecule has 0 bridgehead atoms. The minimum atomic E-state index is -4.57. The van der Waals surface area contributed by atoms with Crippen molar-refractivity contribution in [3.05, 3.63) is 81.9 Å². The second kappa shape index (κ2) is 7.89. The summed E-state index contributed by atoms with van der Waals surface area (Å²) in [6.07, 6.45) is -5.77. The minimum absolute atomic E-state index is 0.139. The first kappa shape index (κ1) is 20.9. The number of allylic oxidation sites excluding steroid dienone is 2. The molecule has 1 aliphatic carbocycles. The van der Waals surface area contributed by atoms with Gasteiger partial charge in [-0.2, -0.15) is 26.3 Å². The molecule has 0 unspecified atom stereocenters. The largest absolute Gasteiger partial charge is 0.416 e. The van der Waals surface area contributed by atoms with Crippen molar-refractivity contribution in [2.75, 3.05) is 0 Å². The Morgan fingerprint density at radius 2 is 1.03 bits per heavy atom. The normalized spacial score (nSPS) is 18.5. The van der Waals surface area contributed by atoms with Crippen LogP contribution < -0.4 is 0 Å². The van der Waals surface area contributed by atoms with Crippen molar-refractivity contribution in [1.29, 1.82) is 0 Å². The van der Waals surface area contributed by atoms with Gasteiger partial charge in [-0.25, -0.2) is 0 Å². The van der Waals surface area contributed by atoms with Crippen LogP contribution in [0.1, 0.15) is 41.5 Å². The molecule has 0 radical (unpaired) electrons. The predicted molar refractivity (Wildman–Crippen MR) is 97.7 cm³/mol. The number of ketones is 1. The summed E-state index contributed by atoms with van der Waals surface area (Å²) >= 11 is 0. The van der Waals surface area contributed by atoms with E-state index < -0.39 is 29.3 Å². The number of hydrogen-bond acceptors (Lipinski definition) is 1. The number of hydrogen-bond donors (Lipinski definition) is 0. The zero-order chi connectivity index (χ0) is 21.2. The Hall–Kier alpha value is -2.83. The summed E-state index contributed by atoms with van der Waals surface area (Å²) in [6.45, 7) is 0. The molecule has 0 aliphatic heterocycles. The maximum atomic E-state index is 13.2. The van der Waals surface area contributed by atoms with Crippen LogP contribution in [-0.2, 0) is 17.1 Å². The van der Waals surface area contributed by atoms with Crippen molar-refractivity contribution in [1.82, 2.24) is 0 Å². The van der Waals surface area contributed by atoms with Gasteiger partial charge in [0.25, 0.3) is 0 Å². The molecule has 2 aromatic rings. The van der Waals surface area contributed by atoms with Crippen molar-refractivity contribution in [2.24, 2.45) is 0 Å². The molecule has 1 aliphatic rings. The molecular weight excluding hydrogens is 394 g/mol. The smallest absolute Gasteiger partial charge is 0.289 e. The summed E-state index contributed by atoms with van der Waals surface area (Å²) in [4.78, 5) is 12.8. The predicted octanol–water partition coefficient (Wildman–Crippen LogP) is 6.94. The number of Topliss-reactive ketones (excluding diaryl/α,β-unsaturated/α-hetero) is 1. The van der Waals surface area contributed by atoms with Gasteiger partial charge in [0.15, 0.2) is 5.78 Å². The Kier molecular flexibility index (Phi) is 5.68. The lowest BCUT2D eigenvalue weighted by Gasteiger charge is -2.18. The molecule has 0 saturated heterocycles.